The van der Waals surface area contributed by atoms with Crippen LogP contribution in [-0.4, -0.2) is 41.5 Å². The molecule has 0 radical (unpaired) electrons. The van der Waals surface area contributed by atoms with Crippen LogP contribution in [0.2, 0.25) is 0 Å². The number of imidazole rings is 2. The summed E-state index contributed by atoms with van der Waals surface area (Å²) in [6.45, 7) is 0.521. The zero-order valence-corrected chi connectivity index (χ0v) is 14.0. The van der Waals surface area contributed by atoms with Crippen molar-refractivity contribution in [2.75, 3.05) is 6.61 Å². The molecule has 1 atom stereocenters. The molecule has 6 heterocycles. The van der Waals surface area contributed by atoms with Crippen LogP contribution in [-0.2, 0) is 6.42 Å². The third kappa shape index (κ3) is 2.28. The van der Waals surface area contributed by atoms with Crippen LogP contribution in [0.3, 0.4) is 0 Å². The van der Waals surface area contributed by atoms with E-state index < -0.39 is 0 Å². The highest BCUT2D eigenvalue weighted by atomic mass is 16.5. The van der Waals surface area contributed by atoms with Crippen LogP contribution in [0, 0.1) is 0 Å². The number of pyridine rings is 2. The lowest BCUT2D eigenvalue weighted by atomic mass is 9.98. The van der Waals surface area contributed by atoms with Gasteiger partial charge in [-0.2, -0.15) is 4.98 Å². The fourth-order valence-electron chi connectivity index (χ4n) is 3.39. The minimum Gasteiger partial charge on any atom is -0.474 e. The first kappa shape index (κ1) is 14.4. The van der Waals surface area contributed by atoms with E-state index in [4.69, 9.17) is 14.1 Å². The molecule has 1 aliphatic rings. The molecule has 9 heteroatoms. The van der Waals surface area contributed by atoms with Crippen molar-refractivity contribution in [3.05, 3.63) is 48.6 Å². The van der Waals surface area contributed by atoms with E-state index in [1.165, 1.54) is 6.39 Å². The maximum Gasteiger partial charge on any atom is 0.256 e. The highest BCUT2D eigenvalue weighted by Crippen LogP contribution is 2.31. The van der Waals surface area contributed by atoms with Gasteiger partial charge in [0.15, 0.2) is 23.6 Å². The van der Waals surface area contributed by atoms with Gasteiger partial charge in [-0.1, -0.05) is 0 Å². The molecule has 0 spiro atoms. The summed E-state index contributed by atoms with van der Waals surface area (Å²) in [5.41, 5.74) is 4.89. The number of rotatable bonds is 2. The third-order valence-electron chi connectivity index (χ3n) is 4.79. The second-order valence-electron chi connectivity index (χ2n) is 6.47. The van der Waals surface area contributed by atoms with Gasteiger partial charge in [0.2, 0.25) is 0 Å². The van der Waals surface area contributed by atoms with Crippen molar-refractivity contribution in [1.82, 2.24) is 34.9 Å². The van der Waals surface area contributed by atoms with Crippen LogP contribution in [0.25, 0.3) is 33.7 Å². The number of H-pyrrole nitrogens is 2. The molecule has 1 aliphatic heterocycles. The Morgan fingerprint density at radius 3 is 3.07 bits per heavy atom. The highest BCUT2D eigenvalue weighted by molar-refractivity contribution is 5.80. The molecule has 0 saturated carbocycles. The molecule has 27 heavy (non-hydrogen) atoms. The zero-order valence-electron chi connectivity index (χ0n) is 14.0. The minimum atomic E-state index is 0.106. The lowest BCUT2D eigenvalue weighted by Crippen LogP contribution is -2.19. The summed E-state index contributed by atoms with van der Waals surface area (Å²) < 4.78 is 11.0. The van der Waals surface area contributed by atoms with Gasteiger partial charge in [0.25, 0.3) is 5.88 Å². The van der Waals surface area contributed by atoms with Crippen molar-refractivity contribution in [1.29, 1.82) is 0 Å². The topological polar surface area (TPSA) is 118 Å². The van der Waals surface area contributed by atoms with E-state index in [1.54, 1.807) is 12.5 Å². The molecule has 2 N–H and O–H groups in total. The van der Waals surface area contributed by atoms with E-state index in [0.29, 0.717) is 30.4 Å². The first-order valence-corrected chi connectivity index (χ1v) is 8.55. The van der Waals surface area contributed by atoms with Crippen molar-refractivity contribution in [3.8, 4) is 17.4 Å². The van der Waals surface area contributed by atoms with E-state index in [9.17, 15) is 0 Å². The van der Waals surface area contributed by atoms with Crippen LogP contribution in [0.5, 0.6) is 5.88 Å². The number of oxazole rings is 1. The maximum atomic E-state index is 5.66. The molecule has 0 fully saturated rings. The first-order chi connectivity index (χ1) is 13.3. The fraction of sp³-hybridized carbons (Fsp3) is 0.167. The highest BCUT2D eigenvalue weighted by Gasteiger charge is 2.26. The number of nitrogens with zero attached hydrogens (tertiary/aromatic N) is 5. The van der Waals surface area contributed by atoms with Crippen molar-refractivity contribution < 1.29 is 9.15 Å². The molecular weight excluding hydrogens is 346 g/mol. The summed E-state index contributed by atoms with van der Waals surface area (Å²) in [4.78, 5) is 28.4. The Balaban J connectivity index is 1.37. The van der Waals surface area contributed by atoms with Gasteiger partial charge in [0.05, 0.1) is 30.2 Å². The smallest absolute Gasteiger partial charge is 0.256 e. The molecule has 0 aliphatic carbocycles. The lowest BCUT2D eigenvalue weighted by Gasteiger charge is -2.20. The fourth-order valence-corrected chi connectivity index (χ4v) is 3.39. The molecule has 5 aromatic rings. The third-order valence-corrected chi connectivity index (χ3v) is 4.79. The Kier molecular flexibility index (Phi) is 2.87. The molecular formula is C18H13N7O2. The minimum absolute atomic E-state index is 0.106. The Hall–Kier alpha value is -3.75. The summed E-state index contributed by atoms with van der Waals surface area (Å²) >= 11 is 0. The standard InChI is InChI=1S/C18H13N7O2/c1-2-11-16(23-10(1)9-3-15-18(26-6-9)22-8-27-15)25-17(24-11)13-4-12-14(5-19-13)21-7-20-12/h1-2,4-5,7-9H,3,6H2,(H,20,21)(H,23,24,25). The number of nitrogens with one attached hydrogen (secondary N) is 2. The van der Waals surface area contributed by atoms with Crippen LogP contribution >= 0.6 is 0 Å². The second-order valence-corrected chi connectivity index (χ2v) is 6.47. The molecule has 0 bridgehead atoms. The molecule has 9 nitrogen and oxygen atoms in total. The predicted octanol–water partition coefficient (Wildman–Crippen LogP) is 2.60. The van der Waals surface area contributed by atoms with Crippen LogP contribution in [0.1, 0.15) is 17.4 Å². The van der Waals surface area contributed by atoms with Gasteiger partial charge in [-0.05, 0) is 18.2 Å². The molecule has 5 aromatic heterocycles. The molecule has 0 aromatic carbocycles. The van der Waals surface area contributed by atoms with E-state index in [1.807, 2.05) is 18.2 Å². The Labute approximate surface area is 151 Å². The summed E-state index contributed by atoms with van der Waals surface area (Å²) in [5, 5.41) is 0. The number of fused-ring (bicyclic) bond motifs is 3. The van der Waals surface area contributed by atoms with Crippen molar-refractivity contribution in [2.45, 2.75) is 12.3 Å². The van der Waals surface area contributed by atoms with Gasteiger partial charge < -0.3 is 19.1 Å². The normalized spacial score (nSPS) is 16.5. The predicted molar refractivity (Wildman–Crippen MR) is 95.2 cm³/mol. The Morgan fingerprint density at radius 2 is 2.07 bits per heavy atom. The number of aromatic amines is 2. The van der Waals surface area contributed by atoms with Gasteiger partial charge in [-0.25, -0.2) is 15.0 Å². The molecule has 6 rings (SSSR count). The SMILES string of the molecule is c1nc2cnc(-c3nc4nc(C5COc6ncoc6C5)ccc4[nH]3)cc2[nH]1. The van der Waals surface area contributed by atoms with Gasteiger partial charge in [0.1, 0.15) is 11.2 Å². The average molecular weight is 359 g/mol. The first-order valence-electron chi connectivity index (χ1n) is 8.55. The van der Waals surface area contributed by atoms with Crippen LogP contribution in [0.15, 0.2) is 41.5 Å². The van der Waals surface area contributed by atoms with E-state index in [0.717, 1.165) is 33.7 Å². The summed E-state index contributed by atoms with van der Waals surface area (Å²) in [6, 6.07) is 5.89. The van der Waals surface area contributed by atoms with Crippen LogP contribution in [0.4, 0.5) is 0 Å². The largest absolute Gasteiger partial charge is 0.474 e. The molecule has 132 valence electrons. The van der Waals surface area contributed by atoms with E-state index in [2.05, 4.69) is 29.9 Å². The number of hydrogen-bond acceptors (Lipinski definition) is 7. The Morgan fingerprint density at radius 1 is 1.07 bits per heavy atom. The van der Waals surface area contributed by atoms with E-state index in [-0.39, 0.29) is 5.92 Å². The quantitative estimate of drug-likeness (QED) is 0.497. The molecule has 0 saturated heterocycles. The van der Waals surface area contributed by atoms with Crippen molar-refractivity contribution in [2.24, 2.45) is 0 Å². The summed E-state index contributed by atoms with van der Waals surface area (Å²) in [5.74, 6) is 2.11. The van der Waals surface area contributed by atoms with Gasteiger partial charge in [0, 0.05) is 18.0 Å². The second kappa shape index (κ2) is 5.37. The molecule has 0 amide bonds. The maximum absolute atomic E-state index is 5.66. The van der Waals surface area contributed by atoms with Gasteiger partial charge >= 0.3 is 0 Å². The van der Waals surface area contributed by atoms with Crippen LogP contribution < -0.4 is 4.74 Å². The number of ether oxygens (including phenoxy) is 1. The summed E-state index contributed by atoms with van der Waals surface area (Å²) in [6.07, 6.45) is 5.49. The van der Waals surface area contributed by atoms with Crippen molar-refractivity contribution in [3.63, 3.8) is 0 Å². The molecule has 1 unspecified atom stereocenters. The summed E-state index contributed by atoms with van der Waals surface area (Å²) in [7, 11) is 0. The van der Waals surface area contributed by atoms with Gasteiger partial charge in [-0.15, -0.1) is 0 Å². The monoisotopic (exact) mass is 359 g/mol. The van der Waals surface area contributed by atoms with Gasteiger partial charge in [-0.3, -0.25) is 4.98 Å². The lowest BCUT2D eigenvalue weighted by molar-refractivity contribution is 0.238. The van der Waals surface area contributed by atoms with E-state index >= 15 is 0 Å². The number of aromatic nitrogens is 7. The average Bonchev–Trinajstić information content (AvgIpc) is 3.44. The number of hydrogen-bond donors (Lipinski definition) is 2. The Bertz CT molecular complexity index is 1290. The zero-order chi connectivity index (χ0) is 17.8. The van der Waals surface area contributed by atoms with Crippen molar-refractivity contribution >= 4 is 22.2 Å².